The van der Waals surface area contributed by atoms with E-state index in [1.54, 1.807) is 0 Å². The van der Waals surface area contributed by atoms with E-state index in [9.17, 15) is 0 Å². The van der Waals surface area contributed by atoms with E-state index < -0.39 is 0 Å². The minimum Gasteiger partial charge on any atom is -0.365 e. The number of nitrogens with zero attached hydrogens (tertiary/aromatic N) is 1. The normalized spacial score (nSPS) is 27.1. The Morgan fingerprint density at radius 3 is 2.65 bits per heavy atom. The van der Waals surface area contributed by atoms with Gasteiger partial charge in [-0.25, -0.2) is 0 Å². The molecule has 1 N–H and O–H groups in total. The third-order valence-corrected chi connectivity index (χ3v) is 5.24. The molecule has 2 aliphatic rings. The van der Waals surface area contributed by atoms with Crippen molar-refractivity contribution >= 4 is 17.3 Å². The van der Waals surface area contributed by atoms with Crippen molar-refractivity contribution in [2.24, 2.45) is 11.8 Å². The molecule has 3 heteroatoms. The van der Waals surface area contributed by atoms with Gasteiger partial charge in [-0.05, 0) is 49.3 Å². The number of rotatable bonds is 3. The number of anilines is 1. The molecule has 1 aromatic carbocycles. The molecule has 2 atom stereocenters. The van der Waals surface area contributed by atoms with E-state index in [-0.39, 0.29) is 0 Å². The number of benzene rings is 1. The Labute approximate surface area is 127 Å². The Kier molecular flexibility index (Phi) is 3.96. The van der Waals surface area contributed by atoms with Crippen LogP contribution in [-0.4, -0.2) is 25.2 Å². The molecule has 1 aliphatic heterocycles. The van der Waals surface area contributed by atoms with Gasteiger partial charge in [-0.3, -0.25) is 0 Å². The van der Waals surface area contributed by atoms with Crippen LogP contribution in [0.15, 0.2) is 18.2 Å². The van der Waals surface area contributed by atoms with E-state index in [4.69, 9.17) is 11.6 Å². The zero-order valence-corrected chi connectivity index (χ0v) is 13.5. The summed E-state index contributed by atoms with van der Waals surface area (Å²) in [6.45, 7) is 8.90. The van der Waals surface area contributed by atoms with E-state index in [1.165, 1.54) is 18.5 Å². The van der Waals surface area contributed by atoms with Crippen LogP contribution in [0.1, 0.15) is 32.3 Å². The van der Waals surface area contributed by atoms with Gasteiger partial charge in [0, 0.05) is 35.9 Å². The minimum atomic E-state index is 0.559. The average molecular weight is 293 g/mol. The van der Waals surface area contributed by atoms with Gasteiger partial charge in [-0.1, -0.05) is 31.5 Å². The first-order valence-corrected chi connectivity index (χ1v) is 8.20. The van der Waals surface area contributed by atoms with Crippen LogP contribution >= 0.6 is 11.6 Å². The SMILES string of the molecule is Cc1ccc(N2CC(C3CC3)NCC2C(C)C)cc1Cl. The molecular weight excluding hydrogens is 268 g/mol. The standard InChI is InChI=1S/C17H25ClN2/c1-11(2)17-9-19-16(13-5-6-13)10-20(17)14-7-4-12(3)15(18)8-14/h4,7-8,11,13,16-17,19H,5-6,9-10H2,1-3H3. The molecule has 0 spiro atoms. The predicted octanol–water partition coefficient (Wildman–Crippen LogP) is 3.86. The van der Waals surface area contributed by atoms with E-state index in [1.807, 2.05) is 0 Å². The molecule has 2 unspecified atom stereocenters. The molecular formula is C17H25ClN2. The fourth-order valence-electron chi connectivity index (χ4n) is 3.26. The van der Waals surface area contributed by atoms with Crippen molar-refractivity contribution in [3.63, 3.8) is 0 Å². The van der Waals surface area contributed by atoms with E-state index in [0.717, 1.165) is 29.6 Å². The largest absolute Gasteiger partial charge is 0.365 e. The van der Waals surface area contributed by atoms with Crippen LogP contribution in [-0.2, 0) is 0 Å². The van der Waals surface area contributed by atoms with Gasteiger partial charge >= 0.3 is 0 Å². The van der Waals surface area contributed by atoms with Gasteiger partial charge in [0.05, 0.1) is 0 Å². The summed E-state index contributed by atoms with van der Waals surface area (Å²) in [4.78, 5) is 2.58. The van der Waals surface area contributed by atoms with Crippen LogP contribution in [0.3, 0.4) is 0 Å². The zero-order valence-electron chi connectivity index (χ0n) is 12.7. The number of nitrogens with one attached hydrogen (secondary N) is 1. The highest BCUT2D eigenvalue weighted by Crippen LogP contribution is 2.36. The first-order chi connectivity index (χ1) is 9.56. The average Bonchev–Trinajstić information content (AvgIpc) is 3.25. The fourth-order valence-corrected chi connectivity index (χ4v) is 3.44. The van der Waals surface area contributed by atoms with Crippen molar-refractivity contribution in [2.75, 3.05) is 18.0 Å². The van der Waals surface area contributed by atoms with E-state index in [2.05, 4.69) is 49.2 Å². The van der Waals surface area contributed by atoms with Gasteiger partial charge in [0.15, 0.2) is 0 Å². The lowest BCUT2D eigenvalue weighted by Crippen LogP contribution is -2.59. The van der Waals surface area contributed by atoms with Crippen molar-refractivity contribution < 1.29 is 0 Å². The quantitative estimate of drug-likeness (QED) is 0.910. The van der Waals surface area contributed by atoms with Gasteiger partial charge in [0.2, 0.25) is 0 Å². The Hall–Kier alpha value is -0.730. The summed E-state index contributed by atoms with van der Waals surface area (Å²) in [5, 5.41) is 4.64. The third kappa shape index (κ3) is 2.82. The molecule has 1 aliphatic carbocycles. The lowest BCUT2D eigenvalue weighted by Gasteiger charge is -2.44. The molecule has 110 valence electrons. The van der Waals surface area contributed by atoms with Gasteiger partial charge in [-0.15, -0.1) is 0 Å². The molecule has 20 heavy (non-hydrogen) atoms. The molecule has 1 heterocycles. The smallest absolute Gasteiger partial charge is 0.0455 e. The molecule has 0 bridgehead atoms. The second-order valence-corrected chi connectivity index (χ2v) is 7.16. The third-order valence-electron chi connectivity index (χ3n) is 4.83. The van der Waals surface area contributed by atoms with Crippen LogP contribution in [0.2, 0.25) is 5.02 Å². The molecule has 0 radical (unpaired) electrons. The number of aryl methyl sites for hydroxylation is 1. The highest BCUT2D eigenvalue weighted by molar-refractivity contribution is 6.31. The monoisotopic (exact) mass is 292 g/mol. The van der Waals surface area contributed by atoms with Gasteiger partial charge in [-0.2, -0.15) is 0 Å². The minimum absolute atomic E-state index is 0.559. The highest BCUT2D eigenvalue weighted by atomic mass is 35.5. The number of hydrogen-bond donors (Lipinski definition) is 1. The second kappa shape index (κ2) is 5.57. The Morgan fingerprint density at radius 1 is 1.30 bits per heavy atom. The lowest BCUT2D eigenvalue weighted by atomic mass is 9.96. The Balaban J connectivity index is 1.85. The summed E-state index contributed by atoms with van der Waals surface area (Å²) >= 11 is 6.33. The first kappa shape index (κ1) is 14.2. The first-order valence-electron chi connectivity index (χ1n) is 7.82. The molecule has 0 amide bonds. The van der Waals surface area contributed by atoms with Crippen molar-refractivity contribution in [1.82, 2.24) is 5.32 Å². The Bertz CT molecular complexity index is 482. The number of halogens is 1. The maximum atomic E-state index is 6.33. The van der Waals surface area contributed by atoms with Crippen LogP contribution in [0.5, 0.6) is 0 Å². The molecule has 2 nitrogen and oxygen atoms in total. The zero-order chi connectivity index (χ0) is 14.3. The predicted molar refractivity (Wildman–Crippen MR) is 86.7 cm³/mol. The molecule has 2 fully saturated rings. The topological polar surface area (TPSA) is 15.3 Å². The van der Waals surface area contributed by atoms with Crippen molar-refractivity contribution in [3.05, 3.63) is 28.8 Å². The summed E-state index contributed by atoms with van der Waals surface area (Å²) in [6, 6.07) is 7.73. The molecule has 0 aromatic heterocycles. The Morgan fingerprint density at radius 2 is 2.05 bits per heavy atom. The van der Waals surface area contributed by atoms with Gasteiger partial charge in [0.25, 0.3) is 0 Å². The van der Waals surface area contributed by atoms with Crippen molar-refractivity contribution in [1.29, 1.82) is 0 Å². The summed E-state index contributed by atoms with van der Waals surface area (Å²) in [5.41, 5.74) is 2.44. The van der Waals surface area contributed by atoms with Crippen LogP contribution in [0, 0.1) is 18.8 Å². The molecule has 1 saturated carbocycles. The highest BCUT2D eigenvalue weighted by Gasteiger charge is 2.38. The molecule has 1 aromatic rings. The summed E-state index contributed by atoms with van der Waals surface area (Å²) in [6.07, 6.45) is 2.79. The molecule has 1 saturated heterocycles. The van der Waals surface area contributed by atoms with E-state index >= 15 is 0 Å². The number of hydrogen-bond acceptors (Lipinski definition) is 2. The fraction of sp³-hybridized carbons (Fsp3) is 0.647. The van der Waals surface area contributed by atoms with Crippen LogP contribution < -0.4 is 10.2 Å². The summed E-state index contributed by atoms with van der Waals surface area (Å²) < 4.78 is 0. The maximum absolute atomic E-state index is 6.33. The van der Waals surface area contributed by atoms with Crippen molar-refractivity contribution in [2.45, 2.75) is 45.7 Å². The van der Waals surface area contributed by atoms with Crippen LogP contribution in [0.4, 0.5) is 5.69 Å². The second-order valence-electron chi connectivity index (χ2n) is 6.75. The maximum Gasteiger partial charge on any atom is 0.0455 e. The van der Waals surface area contributed by atoms with Gasteiger partial charge in [0.1, 0.15) is 0 Å². The van der Waals surface area contributed by atoms with Crippen molar-refractivity contribution in [3.8, 4) is 0 Å². The van der Waals surface area contributed by atoms with Gasteiger partial charge < -0.3 is 10.2 Å². The van der Waals surface area contributed by atoms with Crippen LogP contribution in [0.25, 0.3) is 0 Å². The van der Waals surface area contributed by atoms with E-state index in [0.29, 0.717) is 18.0 Å². The lowest BCUT2D eigenvalue weighted by molar-refractivity contribution is 0.320. The summed E-state index contributed by atoms with van der Waals surface area (Å²) in [5.74, 6) is 1.54. The summed E-state index contributed by atoms with van der Waals surface area (Å²) in [7, 11) is 0. The number of piperazine rings is 1. The molecule has 3 rings (SSSR count).